The largest absolute Gasteiger partial charge is 0.309 e. The Morgan fingerprint density at radius 2 is 0.702 bits per heavy atom. The highest BCUT2D eigenvalue weighted by Crippen LogP contribution is 2.43. The fourth-order valence-corrected chi connectivity index (χ4v) is 9.32. The molecule has 0 saturated carbocycles. The number of benzene rings is 9. The number of hydrogen-bond donors (Lipinski definition) is 0. The van der Waals surface area contributed by atoms with Gasteiger partial charge in [-0.1, -0.05) is 140 Å². The van der Waals surface area contributed by atoms with Gasteiger partial charge >= 0.3 is 0 Å². The number of para-hydroxylation sites is 4. The molecule has 0 bridgehead atoms. The van der Waals surface area contributed by atoms with Crippen LogP contribution < -0.4 is 0 Å². The van der Waals surface area contributed by atoms with Gasteiger partial charge in [-0.05, 0) is 95.1 Å². The lowest BCUT2D eigenvalue weighted by Crippen LogP contribution is -1.96. The molecule has 3 nitrogen and oxygen atoms in total. The molecule has 266 valence electrons. The van der Waals surface area contributed by atoms with Crippen LogP contribution in [0.25, 0.3) is 105 Å². The van der Waals surface area contributed by atoms with E-state index < -0.39 is 0 Å². The monoisotopic (exact) mass is 725 g/mol. The van der Waals surface area contributed by atoms with E-state index in [-0.39, 0.29) is 0 Å². The summed E-state index contributed by atoms with van der Waals surface area (Å²) >= 11 is 0. The lowest BCUT2D eigenvalue weighted by molar-refractivity contribution is 1.17. The topological polar surface area (TPSA) is 14.8 Å². The van der Waals surface area contributed by atoms with E-state index in [1.165, 1.54) is 87.7 Å². The van der Waals surface area contributed by atoms with Gasteiger partial charge in [0.2, 0.25) is 0 Å². The second-order valence-corrected chi connectivity index (χ2v) is 14.9. The maximum Gasteiger partial charge on any atom is 0.0641 e. The van der Waals surface area contributed by atoms with Crippen molar-refractivity contribution < 1.29 is 0 Å². The number of nitrogens with zero attached hydrogens (tertiary/aromatic N) is 3. The molecule has 57 heavy (non-hydrogen) atoms. The number of fused-ring (bicyclic) bond motifs is 10. The average Bonchev–Trinajstić information content (AvgIpc) is 3.93. The van der Waals surface area contributed by atoms with Crippen molar-refractivity contribution in [2.75, 3.05) is 0 Å². The molecule has 0 atom stereocenters. The smallest absolute Gasteiger partial charge is 0.0641 e. The van der Waals surface area contributed by atoms with Crippen LogP contribution in [-0.4, -0.2) is 13.7 Å². The summed E-state index contributed by atoms with van der Waals surface area (Å²) in [6.07, 6.45) is 0. The number of aromatic nitrogens is 3. The van der Waals surface area contributed by atoms with Crippen molar-refractivity contribution in [3.63, 3.8) is 0 Å². The zero-order chi connectivity index (χ0) is 37.5. The molecule has 0 aliphatic heterocycles. The molecule has 3 heterocycles. The highest BCUT2D eigenvalue weighted by Gasteiger charge is 2.21. The summed E-state index contributed by atoms with van der Waals surface area (Å²) in [6, 6.07) is 77.4. The van der Waals surface area contributed by atoms with Crippen LogP contribution in [0, 0.1) is 0 Å². The van der Waals surface area contributed by atoms with Crippen molar-refractivity contribution in [3.8, 4) is 39.3 Å². The summed E-state index contributed by atoms with van der Waals surface area (Å²) in [7, 11) is 0. The van der Waals surface area contributed by atoms with E-state index in [0.29, 0.717) is 0 Å². The van der Waals surface area contributed by atoms with Crippen LogP contribution in [0.5, 0.6) is 0 Å². The first kappa shape index (κ1) is 31.7. The molecule has 12 rings (SSSR count). The molecule has 0 aliphatic rings. The predicted octanol–water partition coefficient (Wildman–Crippen LogP) is 14.3. The molecule has 9 aromatic carbocycles. The molecule has 0 amide bonds. The minimum Gasteiger partial charge on any atom is -0.309 e. The highest BCUT2D eigenvalue weighted by atomic mass is 15.0. The lowest BCUT2D eigenvalue weighted by Gasteiger charge is -2.12. The van der Waals surface area contributed by atoms with Crippen molar-refractivity contribution in [1.82, 2.24) is 13.7 Å². The molecule has 0 N–H and O–H groups in total. The minimum absolute atomic E-state index is 1.14. The van der Waals surface area contributed by atoms with Gasteiger partial charge in [0.1, 0.15) is 0 Å². The maximum absolute atomic E-state index is 2.49. The Labute approximate surface area is 329 Å². The summed E-state index contributed by atoms with van der Waals surface area (Å²) in [4.78, 5) is 0. The minimum atomic E-state index is 1.14. The first-order chi connectivity index (χ1) is 28.3. The van der Waals surface area contributed by atoms with E-state index in [1.54, 1.807) is 0 Å². The molecule has 0 unspecified atom stereocenters. The van der Waals surface area contributed by atoms with Crippen molar-refractivity contribution in [1.29, 1.82) is 0 Å². The summed E-state index contributed by atoms with van der Waals surface area (Å²) in [5.74, 6) is 0. The summed E-state index contributed by atoms with van der Waals surface area (Å²) in [5, 5.41) is 7.51. The Hall–Kier alpha value is -7.62. The second-order valence-electron chi connectivity index (χ2n) is 14.9. The van der Waals surface area contributed by atoms with Gasteiger partial charge in [-0.15, -0.1) is 0 Å². The summed E-state index contributed by atoms with van der Waals surface area (Å²) in [6.45, 7) is 0. The number of rotatable bonds is 5. The van der Waals surface area contributed by atoms with Crippen LogP contribution in [0.15, 0.2) is 212 Å². The molecule has 3 heteroatoms. The lowest BCUT2D eigenvalue weighted by atomic mass is 10.0. The van der Waals surface area contributed by atoms with E-state index in [2.05, 4.69) is 226 Å². The van der Waals surface area contributed by atoms with Crippen LogP contribution in [0.2, 0.25) is 0 Å². The Morgan fingerprint density at radius 3 is 1.46 bits per heavy atom. The Morgan fingerprint density at radius 1 is 0.228 bits per heavy atom. The normalized spacial score (nSPS) is 11.9. The highest BCUT2D eigenvalue weighted by molar-refractivity contribution is 6.26. The zero-order valence-corrected chi connectivity index (χ0v) is 31.0. The molecular formula is C54H35N3. The molecule has 12 aromatic rings. The average molecular weight is 726 g/mol. The van der Waals surface area contributed by atoms with Crippen LogP contribution in [0.3, 0.4) is 0 Å². The molecular weight excluding hydrogens is 691 g/mol. The van der Waals surface area contributed by atoms with Crippen LogP contribution >= 0.6 is 0 Å². The Balaban J connectivity index is 1.05. The summed E-state index contributed by atoms with van der Waals surface area (Å²) < 4.78 is 7.29. The first-order valence-corrected chi connectivity index (χ1v) is 19.6. The Kier molecular flexibility index (Phi) is 6.93. The van der Waals surface area contributed by atoms with Gasteiger partial charge in [0.25, 0.3) is 0 Å². The molecule has 3 aromatic heterocycles. The third kappa shape index (κ3) is 4.79. The standard InChI is InChI=1S/C54H35N3/c1-3-14-36(15-4-1)37-26-29-41(30-27-37)55-48-23-10-8-21-44(48)47-35-39(28-32-51(47)55)38-16-13-19-42(34-38)57-49-24-11-7-20-43(49)45-31-33-52-53(54(45)57)46-22-9-12-25-50(46)56(52)40-17-5-2-6-18-40/h1-35H. The van der Waals surface area contributed by atoms with Gasteiger partial charge in [-0.2, -0.15) is 0 Å². The predicted molar refractivity (Wildman–Crippen MR) is 240 cm³/mol. The third-order valence-electron chi connectivity index (χ3n) is 11.8. The molecule has 0 aliphatic carbocycles. The van der Waals surface area contributed by atoms with Gasteiger partial charge in [-0.3, -0.25) is 0 Å². The molecule has 0 spiro atoms. The van der Waals surface area contributed by atoms with E-state index in [0.717, 1.165) is 17.1 Å². The first-order valence-electron chi connectivity index (χ1n) is 19.6. The quantitative estimate of drug-likeness (QED) is 0.168. The molecule has 0 radical (unpaired) electrons. The SMILES string of the molecule is c1ccc(-c2ccc(-n3c4ccccc4c4cc(-c5cccc(-n6c7ccccc7c7ccc8c(c9ccccc9n8-c8ccccc8)c76)c5)ccc43)cc2)cc1. The van der Waals surface area contributed by atoms with Gasteiger partial charge in [0.15, 0.2) is 0 Å². The van der Waals surface area contributed by atoms with E-state index in [9.17, 15) is 0 Å². The van der Waals surface area contributed by atoms with Gasteiger partial charge in [0, 0.05) is 49.4 Å². The van der Waals surface area contributed by atoms with Crippen LogP contribution in [-0.2, 0) is 0 Å². The van der Waals surface area contributed by atoms with Crippen LogP contribution in [0.1, 0.15) is 0 Å². The third-order valence-corrected chi connectivity index (χ3v) is 11.8. The fraction of sp³-hybridized carbons (Fsp3) is 0. The fourth-order valence-electron chi connectivity index (χ4n) is 9.32. The second kappa shape index (κ2) is 12.5. The molecule has 0 fully saturated rings. The van der Waals surface area contributed by atoms with Crippen LogP contribution in [0.4, 0.5) is 0 Å². The Bertz CT molecular complexity index is 3490. The summed E-state index contributed by atoms with van der Waals surface area (Å²) in [5.41, 5.74) is 15.5. The van der Waals surface area contributed by atoms with Gasteiger partial charge in [-0.25, -0.2) is 0 Å². The van der Waals surface area contributed by atoms with E-state index in [1.807, 2.05) is 0 Å². The van der Waals surface area contributed by atoms with Gasteiger partial charge in [0.05, 0.1) is 33.1 Å². The molecule has 0 saturated heterocycles. The number of hydrogen-bond acceptors (Lipinski definition) is 0. The van der Waals surface area contributed by atoms with Crippen molar-refractivity contribution in [2.24, 2.45) is 0 Å². The van der Waals surface area contributed by atoms with E-state index in [4.69, 9.17) is 0 Å². The van der Waals surface area contributed by atoms with Crippen molar-refractivity contribution in [3.05, 3.63) is 212 Å². The van der Waals surface area contributed by atoms with E-state index >= 15 is 0 Å². The van der Waals surface area contributed by atoms with Gasteiger partial charge < -0.3 is 13.7 Å². The maximum atomic E-state index is 2.49. The zero-order valence-electron chi connectivity index (χ0n) is 31.0. The van der Waals surface area contributed by atoms with Crippen molar-refractivity contribution >= 4 is 65.4 Å². The van der Waals surface area contributed by atoms with Crippen molar-refractivity contribution in [2.45, 2.75) is 0 Å².